The fourth-order valence-electron chi connectivity index (χ4n) is 3.19. The Labute approximate surface area is 180 Å². The van der Waals surface area contributed by atoms with Gasteiger partial charge in [-0.25, -0.2) is 0 Å². The summed E-state index contributed by atoms with van der Waals surface area (Å²) in [4.78, 5) is 24.1. The fourth-order valence-corrected chi connectivity index (χ4v) is 3.36. The van der Waals surface area contributed by atoms with Crippen molar-refractivity contribution in [1.82, 2.24) is 5.32 Å². The van der Waals surface area contributed by atoms with Crippen LogP contribution in [0.3, 0.4) is 0 Å². The molecule has 3 rings (SSSR count). The first kappa shape index (κ1) is 21.8. The standard InChI is InChI=1S/C22H25ClN2O5/c1-13(2)21(14-4-6-18-19(10-14)29-9-3-8-28-18)25-20(26)12-30-17-7-5-15(23)11-16(17)22(24)27/h4-7,10-11,13,21H,3,8-9,12H2,1-2H3,(H2,24,27)(H,25,26). The number of hydrogen-bond acceptors (Lipinski definition) is 5. The van der Waals surface area contributed by atoms with Gasteiger partial charge in [0.2, 0.25) is 0 Å². The third kappa shape index (κ3) is 5.36. The van der Waals surface area contributed by atoms with Crippen molar-refractivity contribution in [2.75, 3.05) is 19.8 Å². The maximum absolute atomic E-state index is 12.6. The van der Waals surface area contributed by atoms with Gasteiger partial charge in [0.25, 0.3) is 11.8 Å². The average molecular weight is 433 g/mol. The highest BCUT2D eigenvalue weighted by Crippen LogP contribution is 2.34. The van der Waals surface area contributed by atoms with E-state index in [1.54, 1.807) is 6.07 Å². The Morgan fingerprint density at radius 3 is 2.57 bits per heavy atom. The quantitative estimate of drug-likeness (QED) is 0.697. The molecular weight excluding hydrogens is 408 g/mol. The number of fused-ring (bicyclic) bond motifs is 1. The Balaban J connectivity index is 1.70. The van der Waals surface area contributed by atoms with E-state index >= 15 is 0 Å². The van der Waals surface area contributed by atoms with Crippen LogP contribution < -0.4 is 25.3 Å². The van der Waals surface area contributed by atoms with Crippen LogP contribution in [0.5, 0.6) is 17.2 Å². The van der Waals surface area contributed by atoms with E-state index in [2.05, 4.69) is 5.32 Å². The molecule has 0 saturated heterocycles. The zero-order chi connectivity index (χ0) is 21.7. The highest BCUT2D eigenvalue weighted by molar-refractivity contribution is 6.31. The number of carbonyl (C=O) groups is 2. The molecule has 1 aliphatic heterocycles. The normalized spacial score (nSPS) is 14.0. The number of benzene rings is 2. The molecule has 0 radical (unpaired) electrons. The molecule has 2 amide bonds. The van der Waals surface area contributed by atoms with Gasteiger partial charge in [0, 0.05) is 11.4 Å². The molecule has 0 spiro atoms. The molecule has 3 N–H and O–H groups in total. The minimum atomic E-state index is -0.680. The van der Waals surface area contributed by atoms with Gasteiger partial charge in [-0.1, -0.05) is 31.5 Å². The second-order valence-corrected chi connectivity index (χ2v) is 7.78. The molecular formula is C22H25ClN2O5. The molecule has 160 valence electrons. The van der Waals surface area contributed by atoms with Crippen molar-refractivity contribution >= 4 is 23.4 Å². The lowest BCUT2D eigenvalue weighted by atomic mass is 9.95. The second-order valence-electron chi connectivity index (χ2n) is 7.34. The first-order chi connectivity index (χ1) is 14.3. The monoisotopic (exact) mass is 432 g/mol. The van der Waals surface area contributed by atoms with Gasteiger partial charge in [-0.05, 0) is 41.8 Å². The molecule has 7 nitrogen and oxygen atoms in total. The minimum absolute atomic E-state index is 0.121. The highest BCUT2D eigenvalue weighted by atomic mass is 35.5. The van der Waals surface area contributed by atoms with Crippen molar-refractivity contribution in [3.8, 4) is 17.2 Å². The Morgan fingerprint density at radius 2 is 1.87 bits per heavy atom. The van der Waals surface area contributed by atoms with E-state index in [-0.39, 0.29) is 35.8 Å². The van der Waals surface area contributed by atoms with Crippen LogP contribution in [0.1, 0.15) is 42.2 Å². The molecule has 8 heteroatoms. The summed E-state index contributed by atoms with van der Waals surface area (Å²) < 4.78 is 17.0. The van der Waals surface area contributed by atoms with Crippen LogP contribution >= 0.6 is 11.6 Å². The van der Waals surface area contributed by atoms with Gasteiger partial charge in [0.1, 0.15) is 5.75 Å². The maximum Gasteiger partial charge on any atom is 0.258 e. The van der Waals surface area contributed by atoms with Crippen LogP contribution in [-0.2, 0) is 4.79 Å². The van der Waals surface area contributed by atoms with Gasteiger partial charge in [-0.2, -0.15) is 0 Å². The number of nitrogens with two attached hydrogens (primary N) is 1. The van der Waals surface area contributed by atoms with E-state index in [1.165, 1.54) is 12.1 Å². The Bertz CT molecular complexity index is 932. The van der Waals surface area contributed by atoms with E-state index in [0.717, 1.165) is 12.0 Å². The van der Waals surface area contributed by atoms with Crippen LogP contribution in [0.2, 0.25) is 5.02 Å². The highest BCUT2D eigenvalue weighted by Gasteiger charge is 2.22. The summed E-state index contributed by atoms with van der Waals surface area (Å²) >= 11 is 5.89. The van der Waals surface area contributed by atoms with Gasteiger partial charge >= 0.3 is 0 Å². The van der Waals surface area contributed by atoms with Crippen molar-refractivity contribution in [3.63, 3.8) is 0 Å². The second kappa shape index (κ2) is 9.71. The van der Waals surface area contributed by atoms with Crippen molar-refractivity contribution in [2.45, 2.75) is 26.3 Å². The molecule has 0 aromatic heterocycles. The molecule has 0 saturated carbocycles. The number of primary amides is 1. The summed E-state index contributed by atoms with van der Waals surface area (Å²) in [6.45, 7) is 4.96. The lowest BCUT2D eigenvalue weighted by molar-refractivity contribution is -0.124. The number of halogens is 1. The third-order valence-corrected chi connectivity index (χ3v) is 4.91. The van der Waals surface area contributed by atoms with Gasteiger partial charge < -0.3 is 25.3 Å². The van der Waals surface area contributed by atoms with Crippen molar-refractivity contribution < 1.29 is 23.8 Å². The predicted octanol–water partition coefficient (Wildman–Crippen LogP) is 3.49. The largest absolute Gasteiger partial charge is 0.490 e. The molecule has 1 atom stereocenters. The number of hydrogen-bond donors (Lipinski definition) is 2. The summed E-state index contributed by atoms with van der Waals surface area (Å²) in [6.07, 6.45) is 0.823. The Kier molecular flexibility index (Phi) is 7.05. The molecule has 2 aromatic rings. The van der Waals surface area contributed by atoms with E-state index in [0.29, 0.717) is 29.7 Å². The molecule has 0 bridgehead atoms. The van der Waals surface area contributed by atoms with Gasteiger partial charge in [-0.3, -0.25) is 9.59 Å². The zero-order valence-corrected chi connectivity index (χ0v) is 17.7. The van der Waals surface area contributed by atoms with E-state index in [1.807, 2.05) is 32.0 Å². The number of amides is 2. The molecule has 1 heterocycles. The first-order valence-corrected chi connectivity index (χ1v) is 10.1. The first-order valence-electron chi connectivity index (χ1n) is 9.76. The lowest BCUT2D eigenvalue weighted by Gasteiger charge is -2.24. The fraction of sp³-hybridized carbons (Fsp3) is 0.364. The summed E-state index contributed by atoms with van der Waals surface area (Å²) in [5.74, 6) is 0.698. The molecule has 0 aliphatic carbocycles. The van der Waals surface area contributed by atoms with Crippen LogP contribution in [0.4, 0.5) is 0 Å². The Hall–Kier alpha value is -2.93. The lowest BCUT2D eigenvalue weighted by Crippen LogP contribution is -2.35. The van der Waals surface area contributed by atoms with Crippen LogP contribution in [-0.4, -0.2) is 31.6 Å². The SMILES string of the molecule is CC(C)C(NC(=O)COc1ccc(Cl)cc1C(N)=O)c1ccc2c(c1)OCCCO2. The number of ether oxygens (including phenoxy) is 3. The van der Waals surface area contributed by atoms with E-state index < -0.39 is 5.91 Å². The van der Waals surface area contributed by atoms with Crippen molar-refractivity contribution in [1.29, 1.82) is 0 Å². The van der Waals surface area contributed by atoms with E-state index in [4.69, 9.17) is 31.5 Å². The number of carbonyl (C=O) groups excluding carboxylic acids is 2. The Morgan fingerprint density at radius 1 is 1.13 bits per heavy atom. The van der Waals surface area contributed by atoms with E-state index in [9.17, 15) is 9.59 Å². The minimum Gasteiger partial charge on any atom is -0.490 e. The van der Waals surface area contributed by atoms with Crippen molar-refractivity contribution in [3.05, 3.63) is 52.5 Å². The molecule has 30 heavy (non-hydrogen) atoms. The summed E-state index contributed by atoms with van der Waals surface area (Å²) in [6, 6.07) is 9.92. The van der Waals surface area contributed by atoms with Crippen LogP contribution in [0.15, 0.2) is 36.4 Å². The van der Waals surface area contributed by atoms with Crippen LogP contribution in [0.25, 0.3) is 0 Å². The molecule has 2 aromatic carbocycles. The topological polar surface area (TPSA) is 99.9 Å². The third-order valence-electron chi connectivity index (χ3n) is 4.68. The maximum atomic E-state index is 12.6. The zero-order valence-electron chi connectivity index (χ0n) is 16.9. The number of nitrogens with one attached hydrogen (secondary N) is 1. The summed E-state index contributed by atoms with van der Waals surface area (Å²) in [5.41, 5.74) is 6.39. The summed E-state index contributed by atoms with van der Waals surface area (Å²) in [7, 11) is 0. The smallest absolute Gasteiger partial charge is 0.258 e. The molecule has 0 fully saturated rings. The average Bonchev–Trinajstić information content (AvgIpc) is 2.95. The number of rotatable bonds is 7. The van der Waals surface area contributed by atoms with Crippen molar-refractivity contribution in [2.24, 2.45) is 11.7 Å². The van der Waals surface area contributed by atoms with Gasteiger partial charge in [0.05, 0.1) is 24.8 Å². The predicted molar refractivity (Wildman–Crippen MR) is 113 cm³/mol. The van der Waals surface area contributed by atoms with Crippen LogP contribution in [0, 0.1) is 5.92 Å². The molecule has 1 unspecified atom stereocenters. The van der Waals surface area contributed by atoms with Gasteiger partial charge in [-0.15, -0.1) is 0 Å². The molecule has 1 aliphatic rings. The summed E-state index contributed by atoms with van der Waals surface area (Å²) in [5, 5.41) is 3.34. The van der Waals surface area contributed by atoms with Gasteiger partial charge in [0.15, 0.2) is 18.1 Å².